The highest BCUT2D eigenvalue weighted by molar-refractivity contribution is 5.70. The number of esters is 1. The molecule has 0 aliphatic rings. The Kier molecular flexibility index (Phi) is 5.16. The topological polar surface area (TPSA) is 61.5 Å². The van der Waals surface area contributed by atoms with Gasteiger partial charge in [-0.05, 0) is 49.1 Å². The van der Waals surface area contributed by atoms with E-state index in [-0.39, 0.29) is 18.4 Å². The Bertz CT molecular complexity index is 406. The summed E-state index contributed by atoms with van der Waals surface area (Å²) in [4.78, 5) is 11.2. The third-order valence-corrected chi connectivity index (χ3v) is 3.03. The van der Waals surface area contributed by atoms with Crippen molar-refractivity contribution in [3.05, 3.63) is 28.8 Å². The van der Waals surface area contributed by atoms with Crippen molar-refractivity contribution in [2.24, 2.45) is 5.73 Å². The zero-order chi connectivity index (χ0) is 13.7. The van der Waals surface area contributed by atoms with Gasteiger partial charge in [0.1, 0.15) is 5.75 Å². The largest absolute Gasteiger partial charge is 0.497 e. The van der Waals surface area contributed by atoms with Crippen LogP contribution in [0.1, 0.15) is 23.1 Å². The van der Waals surface area contributed by atoms with E-state index >= 15 is 0 Å². The van der Waals surface area contributed by atoms with Gasteiger partial charge in [-0.25, -0.2) is 0 Å². The SMILES string of the molecule is COC(=O)CC(N)Cc1c(C)cc(OC)cc1C. The zero-order valence-corrected chi connectivity index (χ0v) is 11.4. The predicted molar refractivity (Wildman–Crippen MR) is 70.8 cm³/mol. The number of ether oxygens (including phenoxy) is 2. The lowest BCUT2D eigenvalue weighted by Crippen LogP contribution is -2.27. The molecule has 1 rings (SSSR count). The molecular weight excluding hydrogens is 230 g/mol. The van der Waals surface area contributed by atoms with Crippen molar-refractivity contribution in [3.63, 3.8) is 0 Å². The highest BCUT2D eigenvalue weighted by Crippen LogP contribution is 2.23. The van der Waals surface area contributed by atoms with E-state index in [1.165, 1.54) is 12.7 Å². The van der Waals surface area contributed by atoms with Gasteiger partial charge in [0.15, 0.2) is 0 Å². The highest BCUT2D eigenvalue weighted by Gasteiger charge is 2.14. The number of methoxy groups -OCH3 is 2. The van der Waals surface area contributed by atoms with Gasteiger partial charge >= 0.3 is 5.97 Å². The van der Waals surface area contributed by atoms with E-state index in [0.717, 1.165) is 16.9 Å². The maximum absolute atomic E-state index is 11.2. The van der Waals surface area contributed by atoms with Gasteiger partial charge in [-0.3, -0.25) is 4.79 Å². The highest BCUT2D eigenvalue weighted by atomic mass is 16.5. The molecular formula is C14H21NO3. The van der Waals surface area contributed by atoms with Crippen LogP contribution in [0.4, 0.5) is 0 Å². The molecule has 18 heavy (non-hydrogen) atoms. The second-order valence-corrected chi connectivity index (χ2v) is 4.48. The molecule has 2 N–H and O–H groups in total. The first-order valence-electron chi connectivity index (χ1n) is 5.94. The molecule has 100 valence electrons. The Morgan fingerprint density at radius 3 is 2.28 bits per heavy atom. The summed E-state index contributed by atoms with van der Waals surface area (Å²) in [6, 6.07) is 3.74. The van der Waals surface area contributed by atoms with E-state index in [2.05, 4.69) is 4.74 Å². The van der Waals surface area contributed by atoms with Crippen LogP contribution in [-0.2, 0) is 16.0 Å². The molecule has 0 saturated heterocycles. The van der Waals surface area contributed by atoms with Gasteiger partial charge in [-0.2, -0.15) is 0 Å². The van der Waals surface area contributed by atoms with E-state index in [0.29, 0.717) is 6.42 Å². The number of carbonyl (C=O) groups is 1. The van der Waals surface area contributed by atoms with Crippen LogP contribution in [0.5, 0.6) is 5.75 Å². The van der Waals surface area contributed by atoms with Gasteiger partial charge in [-0.1, -0.05) is 0 Å². The number of nitrogens with two attached hydrogens (primary N) is 1. The van der Waals surface area contributed by atoms with Crippen LogP contribution in [0, 0.1) is 13.8 Å². The summed E-state index contributed by atoms with van der Waals surface area (Å²) < 4.78 is 9.83. The first-order valence-corrected chi connectivity index (χ1v) is 5.94. The maximum atomic E-state index is 11.2. The normalized spacial score (nSPS) is 12.1. The van der Waals surface area contributed by atoms with Gasteiger partial charge < -0.3 is 15.2 Å². The lowest BCUT2D eigenvalue weighted by molar-refractivity contribution is -0.140. The molecule has 0 bridgehead atoms. The summed E-state index contributed by atoms with van der Waals surface area (Å²) in [5.74, 6) is 0.571. The van der Waals surface area contributed by atoms with Crippen LogP contribution in [0.25, 0.3) is 0 Å². The number of aryl methyl sites for hydroxylation is 2. The Labute approximate surface area is 108 Å². The number of carbonyl (C=O) groups excluding carboxylic acids is 1. The Morgan fingerprint density at radius 1 is 1.28 bits per heavy atom. The van der Waals surface area contributed by atoms with Crippen LogP contribution in [0.2, 0.25) is 0 Å². The molecule has 1 aromatic carbocycles. The second-order valence-electron chi connectivity index (χ2n) is 4.48. The standard InChI is InChI=1S/C14H21NO3/c1-9-5-12(17-3)6-10(2)13(9)7-11(15)8-14(16)18-4/h5-6,11H,7-8,15H2,1-4H3. The quantitative estimate of drug-likeness (QED) is 0.810. The monoisotopic (exact) mass is 251 g/mol. The van der Waals surface area contributed by atoms with Gasteiger partial charge in [-0.15, -0.1) is 0 Å². The summed E-state index contributed by atoms with van der Waals surface area (Å²) in [7, 11) is 3.02. The molecule has 0 radical (unpaired) electrons. The Morgan fingerprint density at radius 2 is 1.83 bits per heavy atom. The molecule has 4 heteroatoms. The van der Waals surface area contributed by atoms with E-state index in [9.17, 15) is 4.79 Å². The summed E-state index contributed by atoms with van der Waals surface area (Å²) in [6.07, 6.45) is 0.901. The number of hydrogen-bond donors (Lipinski definition) is 1. The molecule has 4 nitrogen and oxygen atoms in total. The minimum Gasteiger partial charge on any atom is -0.497 e. The molecule has 0 heterocycles. The van der Waals surface area contributed by atoms with Crippen LogP contribution in [-0.4, -0.2) is 26.2 Å². The Hall–Kier alpha value is -1.55. The van der Waals surface area contributed by atoms with Crippen molar-refractivity contribution in [3.8, 4) is 5.75 Å². The van der Waals surface area contributed by atoms with Crippen LogP contribution >= 0.6 is 0 Å². The molecule has 1 atom stereocenters. The minimum atomic E-state index is -0.272. The van der Waals surface area contributed by atoms with E-state index in [1.807, 2.05) is 26.0 Å². The number of benzene rings is 1. The maximum Gasteiger partial charge on any atom is 0.307 e. The fraction of sp³-hybridized carbons (Fsp3) is 0.500. The molecule has 0 aliphatic heterocycles. The molecule has 0 amide bonds. The Balaban J connectivity index is 2.81. The van der Waals surface area contributed by atoms with Crippen molar-refractivity contribution in [1.82, 2.24) is 0 Å². The minimum absolute atomic E-state index is 0.219. The lowest BCUT2D eigenvalue weighted by Gasteiger charge is -2.16. The van der Waals surface area contributed by atoms with Gasteiger partial charge in [0.25, 0.3) is 0 Å². The van der Waals surface area contributed by atoms with Gasteiger partial charge in [0.2, 0.25) is 0 Å². The van der Waals surface area contributed by atoms with E-state index in [1.54, 1.807) is 7.11 Å². The summed E-state index contributed by atoms with van der Waals surface area (Å²) >= 11 is 0. The van der Waals surface area contributed by atoms with Gasteiger partial charge in [0.05, 0.1) is 20.6 Å². The zero-order valence-electron chi connectivity index (χ0n) is 11.4. The summed E-state index contributed by atoms with van der Waals surface area (Å²) in [6.45, 7) is 4.05. The average Bonchev–Trinajstić information content (AvgIpc) is 2.33. The predicted octanol–water partition coefficient (Wildman–Crippen LogP) is 1.74. The third kappa shape index (κ3) is 3.74. The molecule has 0 aromatic heterocycles. The summed E-state index contributed by atoms with van der Waals surface area (Å²) in [5, 5.41) is 0. The van der Waals surface area contributed by atoms with Crippen molar-refractivity contribution >= 4 is 5.97 Å². The van der Waals surface area contributed by atoms with Crippen LogP contribution in [0.3, 0.4) is 0 Å². The van der Waals surface area contributed by atoms with Crippen LogP contribution < -0.4 is 10.5 Å². The summed E-state index contributed by atoms with van der Waals surface area (Å²) in [5.41, 5.74) is 9.40. The molecule has 1 aromatic rings. The second kappa shape index (κ2) is 6.40. The van der Waals surface area contributed by atoms with Gasteiger partial charge in [0, 0.05) is 6.04 Å². The van der Waals surface area contributed by atoms with Crippen molar-refractivity contribution < 1.29 is 14.3 Å². The van der Waals surface area contributed by atoms with Crippen molar-refractivity contribution in [2.45, 2.75) is 32.7 Å². The first-order chi connectivity index (χ1) is 8.47. The fourth-order valence-corrected chi connectivity index (χ4v) is 2.03. The first kappa shape index (κ1) is 14.5. The van der Waals surface area contributed by atoms with E-state index in [4.69, 9.17) is 10.5 Å². The molecule has 0 aliphatic carbocycles. The molecule has 0 spiro atoms. The molecule has 1 unspecified atom stereocenters. The number of hydrogen-bond acceptors (Lipinski definition) is 4. The average molecular weight is 251 g/mol. The van der Waals surface area contributed by atoms with Crippen molar-refractivity contribution in [1.29, 1.82) is 0 Å². The fourth-order valence-electron chi connectivity index (χ4n) is 2.03. The van der Waals surface area contributed by atoms with Crippen molar-refractivity contribution in [2.75, 3.05) is 14.2 Å². The lowest BCUT2D eigenvalue weighted by atomic mass is 9.95. The number of rotatable bonds is 5. The molecule has 0 fully saturated rings. The molecule has 0 saturated carbocycles. The van der Waals surface area contributed by atoms with E-state index < -0.39 is 0 Å². The smallest absolute Gasteiger partial charge is 0.307 e. The third-order valence-electron chi connectivity index (χ3n) is 3.03. The van der Waals surface area contributed by atoms with Crippen LogP contribution in [0.15, 0.2) is 12.1 Å².